The molecule has 4 rings (SSSR count). The molecule has 0 saturated carbocycles. The summed E-state index contributed by atoms with van der Waals surface area (Å²) in [5.41, 5.74) is 1.36. The SMILES string of the molecule is CCOC(=O)c1cccc(N2C(=O)C(=O)/C(=C(/O)c3cccc(OC)c3)C2c2ccc(OC)cc2)c1. The van der Waals surface area contributed by atoms with Crippen LogP contribution in [0.3, 0.4) is 0 Å². The van der Waals surface area contributed by atoms with Gasteiger partial charge in [0, 0.05) is 11.3 Å². The van der Waals surface area contributed by atoms with Gasteiger partial charge in [0.15, 0.2) is 0 Å². The van der Waals surface area contributed by atoms with E-state index in [4.69, 9.17) is 14.2 Å². The second-order valence-corrected chi connectivity index (χ2v) is 7.95. The summed E-state index contributed by atoms with van der Waals surface area (Å²) in [5.74, 6) is -1.49. The van der Waals surface area contributed by atoms with Crippen molar-refractivity contribution in [3.8, 4) is 11.5 Å². The van der Waals surface area contributed by atoms with E-state index in [2.05, 4.69) is 0 Å². The van der Waals surface area contributed by atoms with Gasteiger partial charge in [-0.1, -0.05) is 30.3 Å². The smallest absolute Gasteiger partial charge is 0.338 e. The highest BCUT2D eigenvalue weighted by molar-refractivity contribution is 6.51. The van der Waals surface area contributed by atoms with E-state index in [0.29, 0.717) is 28.3 Å². The fraction of sp³-hybridized carbons (Fsp3) is 0.179. The minimum Gasteiger partial charge on any atom is -0.507 e. The summed E-state index contributed by atoms with van der Waals surface area (Å²) in [5, 5.41) is 11.3. The Kier molecular flexibility index (Phi) is 7.05. The van der Waals surface area contributed by atoms with E-state index >= 15 is 0 Å². The largest absolute Gasteiger partial charge is 0.507 e. The molecule has 0 aliphatic carbocycles. The van der Waals surface area contributed by atoms with E-state index in [1.54, 1.807) is 73.7 Å². The van der Waals surface area contributed by atoms with Crippen molar-refractivity contribution >= 4 is 29.1 Å². The summed E-state index contributed by atoms with van der Waals surface area (Å²) in [6.07, 6.45) is 0. The number of hydrogen-bond acceptors (Lipinski definition) is 7. The number of nitrogens with zero attached hydrogens (tertiary/aromatic N) is 1. The lowest BCUT2D eigenvalue weighted by atomic mass is 9.95. The van der Waals surface area contributed by atoms with Crippen LogP contribution < -0.4 is 14.4 Å². The fourth-order valence-corrected chi connectivity index (χ4v) is 4.12. The maximum atomic E-state index is 13.4. The van der Waals surface area contributed by atoms with E-state index < -0.39 is 23.7 Å². The number of hydrogen-bond donors (Lipinski definition) is 1. The number of rotatable bonds is 7. The number of Topliss-reactive ketones (excluding diaryl/α,β-unsaturated/α-hetero) is 1. The summed E-state index contributed by atoms with van der Waals surface area (Å²) in [7, 11) is 3.02. The fourth-order valence-electron chi connectivity index (χ4n) is 4.12. The predicted molar refractivity (Wildman–Crippen MR) is 133 cm³/mol. The number of esters is 1. The molecule has 36 heavy (non-hydrogen) atoms. The molecule has 8 nitrogen and oxygen atoms in total. The zero-order chi connectivity index (χ0) is 25.8. The number of amides is 1. The van der Waals surface area contributed by atoms with Crippen LogP contribution in [0.1, 0.15) is 34.5 Å². The van der Waals surface area contributed by atoms with Crippen LogP contribution in [0.2, 0.25) is 0 Å². The van der Waals surface area contributed by atoms with Gasteiger partial charge in [0.25, 0.3) is 11.7 Å². The minimum absolute atomic E-state index is 0.0834. The molecule has 1 atom stereocenters. The Morgan fingerprint density at radius 2 is 1.56 bits per heavy atom. The quantitative estimate of drug-likeness (QED) is 0.226. The van der Waals surface area contributed by atoms with Gasteiger partial charge in [-0.3, -0.25) is 14.5 Å². The van der Waals surface area contributed by atoms with Crippen molar-refractivity contribution < 1.29 is 33.7 Å². The summed E-state index contributed by atoms with van der Waals surface area (Å²) >= 11 is 0. The number of aliphatic hydroxyl groups is 1. The molecule has 1 saturated heterocycles. The van der Waals surface area contributed by atoms with E-state index in [1.165, 1.54) is 25.2 Å². The second kappa shape index (κ2) is 10.4. The van der Waals surface area contributed by atoms with Crippen LogP contribution in [0.4, 0.5) is 5.69 Å². The summed E-state index contributed by atoms with van der Waals surface area (Å²) in [6.45, 7) is 1.89. The highest BCUT2D eigenvalue weighted by Gasteiger charge is 2.47. The zero-order valence-electron chi connectivity index (χ0n) is 20.1. The van der Waals surface area contributed by atoms with Gasteiger partial charge < -0.3 is 19.3 Å². The molecular weight excluding hydrogens is 462 g/mol. The van der Waals surface area contributed by atoms with Crippen molar-refractivity contribution in [2.45, 2.75) is 13.0 Å². The van der Waals surface area contributed by atoms with Crippen LogP contribution in [0, 0.1) is 0 Å². The van der Waals surface area contributed by atoms with Crippen LogP contribution >= 0.6 is 0 Å². The molecule has 1 fully saturated rings. The zero-order valence-corrected chi connectivity index (χ0v) is 20.1. The van der Waals surface area contributed by atoms with Crippen molar-refractivity contribution in [1.82, 2.24) is 0 Å². The average molecular weight is 488 g/mol. The third-order valence-electron chi connectivity index (χ3n) is 5.85. The number of benzene rings is 3. The molecule has 3 aromatic rings. The molecule has 1 aliphatic rings. The molecule has 1 heterocycles. The molecule has 1 aliphatic heterocycles. The van der Waals surface area contributed by atoms with E-state index in [0.717, 1.165) is 0 Å². The first kappa shape index (κ1) is 24.5. The van der Waals surface area contributed by atoms with Gasteiger partial charge in [0.05, 0.1) is 38.0 Å². The lowest BCUT2D eigenvalue weighted by molar-refractivity contribution is -0.132. The van der Waals surface area contributed by atoms with Crippen molar-refractivity contribution in [2.75, 3.05) is 25.7 Å². The highest BCUT2D eigenvalue weighted by atomic mass is 16.5. The molecule has 1 unspecified atom stereocenters. The van der Waals surface area contributed by atoms with Crippen molar-refractivity contribution in [2.24, 2.45) is 0 Å². The summed E-state index contributed by atoms with van der Waals surface area (Å²) < 4.78 is 15.6. The van der Waals surface area contributed by atoms with Gasteiger partial charge in [-0.05, 0) is 55.0 Å². The lowest BCUT2D eigenvalue weighted by Crippen LogP contribution is -2.29. The Balaban J connectivity index is 1.91. The van der Waals surface area contributed by atoms with Gasteiger partial charge in [0.1, 0.15) is 17.3 Å². The Bertz CT molecular complexity index is 1340. The molecule has 0 aromatic heterocycles. The van der Waals surface area contributed by atoms with Crippen LogP contribution in [-0.2, 0) is 14.3 Å². The first-order valence-corrected chi connectivity index (χ1v) is 11.3. The molecular formula is C28H25NO7. The molecule has 8 heteroatoms. The van der Waals surface area contributed by atoms with Crippen LogP contribution in [0.25, 0.3) is 5.76 Å². The van der Waals surface area contributed by atoms with Crippen LogP contribution in [0.15, 0.2) is 78.4 Å². The van der Waals surface area contributed by atoms with Gasteiger partial charge >= 0.3 is 5.97 Å². The first-order chi connectivity index (χ1) is 17.4. The number of ketones is 1. The number of aliphatic hydroxyl groups excluding tert-OH is 1. The van der Waals surface area contributed by atoms with Crippen molar-refractivity contribution in [3.63, 3.8) is 0 Å². The Morgan fingerprint density at radius 3 is 2.22 bits per heavy atom. The first-order valence-electron chi connectivity index (χ1n) is 11.3. The monoisotopic (exact) mass is 487 g/mol. The Labute approximate surface area is 208 Å². The van der Waals surface area contributed by atoms with Gasteiger partial charge in [-0.15, -0.1) is 0 Å². The van der Waals surface area contributed by atoms with E-state index in [-0.39, 0.29) is 23.5 Å². The third kappa shape index (κ3) is 4.53. The molecule has 0 radical (unpaired) electrons. The van der Waals surface area contributed by atoms with Crippen molar-refractivity contribution in [1.29, 1.82) is 0 Å². The second-order valence-electron chi connectivity index (χ2n) is 7.95. The Morgan fingerprint density at radius 1 is 0.889 bits per heavy atom. The van der Waals surface area contributed by atoms with E-state index in [9.17, 15) is 19.5 Å². The van der Waals surface area contributed by atoms with Crippen molar-refractivity contribution in [3.05, 3.63) is 95.1 Å². The number of carbonyl (C=O) groups excluding carboxylic acids is 3. The maximum Gasteiger partial charge on any atom is 0.338 e. The topological polar surface area (TPSA) is 102 Å². The molecule has 184 valence electrons. The highest BCUT2D eigenvalue weighted by Crippen LogP contribution is 2.43. The number of anilines is 1. The molecule has 0 bridgehead atoms. The number of carbonyl (C=O) groups is 3. The summed E-state index contributed by atoms with van der Waals surface area (Å²) in [6, 6.07) is 18.8. The average Bonchev–Trinajstić information content (AvgIpc) is 3.18. The molecule has 1 N–H and O–H groups in total. The maximum absolute atomic E-state index is 13.4. The standard InChI is InChI=1S/C28H25NO7/c1-4-36-28(33)19-8-5-9-20(15-19)29-24(17-11-13-21(34-2)14-12-17)23(26(31)27(29)32)25(30)18-7-6-10-22(16-18)35-3/h5-16,24,30H,4H2,1-3H3/b25-23+. The summed E-state index contributed by atoms with van der Waals surface area (Å²) in [4.78, 5) is 40.3. The number of methoxy groups -OCH3 is 2. The lowest BCUT2D eigenvalue weighted by Gasteiger charge is -2.26. The van der Waals surface area contributed by atoms with Gasteiger partial charge in [-0.2, -0.15) is 0 Å². The van der Waals surface area contributed by atoms with Gasteiger partial charge in [-0.25, -0.2) is 4.79 Å². The minimum atomic E-state index is -0.959. The third-order valence-corrected chi connectivity index (χ3v) is 5.85. The molecule has 3 aromatic carbocycles. The predicted octanol–water partition coefficient (Wildman–Crippen LogP) is 4.51. The van der Waals surface area contributed by atoms with Crippen LogP contribution in [0.5, 0.6) is 11.5 Å². The molecule has 1 amide bonds. The van der Waals surface area contributed by atoms with E-state index in [1.807, 2.05) is 0 Å². The van der Waals surface area contributed by atoms with Crippen LogP contribution in [-0.4, -0.2) is 43.6 Å². The number of ether oxygens (including phenoxy) is 3. The molecule has 0 spiro atoms. The Hall–Kier alpha value is -4.59. The van der Waals surface area contributed by atoms with Gasteiger partial charge in [0.2, 0.25) is 0 Å². The normalized spacial score (nSPS) is 16.6.